The maximum absolute atomic E-state index is 6.35. The van der Waals surface area contributed by atoms with Crippen LogP contribution in [0.25, 0.3) is 0 Å². The molecule has 0 spiro atoms. The summed E-state index contributed by atoms with van der Waals surface area (Å²) in [6.07, 6.45) is 7.26. The van der Waals surface area contributed by atoms with Crippen molar-refractivity contribution < 1.29 is 0 Å². The van der Waals surface area contributed by atoms with Crippen molar-refractivity contribution >= 4 is 11.6 Å². The van der Waals surface area contributed by atoms with Crippen molar-refractivity contribution in [3.05, 3.63) is 18.0 Å². The number of hydrogen-bond acceptors (Lipinski definition) is 1. The predicted molar refractivity (Wildman–Crippen MR) is 69.9 cm³/mol. The third-order valence-corrected chi connectivity index (χ3v) is 3.64. The van der Waals surface area contributed by atoms with Gasteiger partial charge < -0.3 is 0 Å². The molecule has 1 aromatic heterocycles. The molecule has 0 saturated carbocycles. The molecule has 0 amide bonds. The summed E-state index contributed by atoms with van der Waals surface area (Å²) in [4.78, 5) is 0. The van der Waals surface area contributed by atoms with Crippen LogP contribution < -0.4 is 0 Å². The van der Waals surface area contributed by atoms with Gasteiger partial charge in [0.1, 0.15) is 0 Å². The zero-order valence-electron chi connectivity index (χ0n) is 10.8. The number of aryl methyl sites for hydroxylation is 2. The van der Waals surface area contributed by atoms with Crippen LogP contribution >= 0.6 is 11.6 Å². The third kappa shape index (κ3) is 4.17. The summed E-state index contributed by atoms with van der Waals surface area (Å²) in [7, 11) is 0. The van der Waals surface area contributed by atoms with Gasteiger partial charge in [-0.15, -0.1) is 11.6 Å². The first-order valence-electron chi connectivity index (χ1n) is 6.09. The highest BCUT2D eigenvalue weighted by Gasteiger charge is 2.21. The molecule has 0 fully saturated rings. The summed E-state index contributed by atoms with van der Waals surface area (Å²) in [5.41, 5.74) is 1.48. The first-order valence-corrected chi connectivity index (χ1v) is 6.52. The monoisotopic (exact) mass is 242 g/mol. The Kier molecular flexibility index (Phi) is 4.85. The van der Waals surface area contributed by atoms with Gasteiger partial charge >= 0.3 is 0 Å². The summed E-state index contributed by atoms with van der Waals surface area (Å²) < 4.78 is 2.01. The average molecular weight is 243 g/mol. The van der Waals surface area contributed by atoms with Gasteiger partial charge in [0.15, 0.2) is 0 Å². The lowest BCUT2D eigenvalue weighted by Gasteiger charge is -2.24. The van der Waals surface area contributed by atoms with Gasteiger partial charge in [-0.3, -0.25) is 4.68 Å². The standard InChI is InChI=1S/C13H23ClN2/c1-5-8-16-10-11(9-15-16)6-7-12(14)13(2,3)4/h9-10,12H,5-8H2,1-4H3. The largest absolute Gasteiger partial charge is 0.272 e. The first-order chi connectivity index (χ1) is 7.43. The van der Waals surface area contributed by atoms with E-state index in [0.29, 0.717) is 0 Å². The highest BCUT2D eigenvalue weighted by Crippen LogP contribution is 2.27. The van der Waals surface area contributed by atoms with E-state index in [1.807, 2.05) is 10.9 Å². The molecular weight excluding hydrogens is 220 g/mol. The van der Waals surface area contributed by atoms with Crippen molar-refractivity contribution in [2.75, 3.05) is 0 Å². The van der Waals surface area contributed by atoms with Gasteiger partial charge in [0.2, 0.25) is 0 Å². The average Bonchev–Trinajstić information content (AvgIpc) is 2.61. The Morgan fingerprint density at radius 1 is 1.44 bits per heavy atom. The van der Waals surface area contributed by atoms with Gasteiger partial charge in [0, 0.05) is 18.1 Å². The number of hydrogen-bond donors (Lipinski definition) is 0. The second-order valence-corrected chi connectivity index (χ2v) is 6.01. The van der Waals surface area contributed by atoms with E-state index in [1.165, 1.54) is 5.56 Å². The molecule has 3 heteroatoms. The minimum absolute atomic E-state index is 0.182. The Balaban J connectivity index is 2.42. The van der Waals surface area contributed by atoms with Crippen molar-refractivity contribution in [3.8, 4) is 0 Å². The van der Waals surface area contributed by atoms with Gasteiger partial charge in [-0.1, -0.05) is 27.7 Å². The van der Waals surface area contributed by atoms with Gasteiger partial charge in [0.05, 0.1) is 6.20 Å². The maximum Gasteiger partial charge on any atom is 0.0521 e. The quantitative estimate of drug-likeness (QED) is 0.717. The van der Waals surface area contributed by atoms with Gasteiger partial charge in [-0.05, 0) is 30.2 Å². The van der Waals surface area contributed by atoms with Crippen LogP contribution in [0.5, 0.6) is 0 Å². The number of rotatable bonds is 5. The zero-order valence-corrected chi connectivity index (χ0v) is 11.6. The van der Waals surface area contributed by atoms with Gasteiger partial charge in [-0.25, -0.2) is 0 Å². The lowest BCUT2D eigenvalue weighted by atomic mass is 9.88. The fourth-order valence-corrected chi connectivity index (χ4v) is 1.72. The van der Waals surface area contributed by atoms with Crippen molar-refractivity contribution in [2.45, 2.75) is 58.9 Å². The zero-order chi connectivity index (χ0) is 12.2. The molecule has 2 nitrogen and oxygen atoms in total. The second-order valence-electron chi connectivity index (χ2n) is 5.48. The number of halogens is 1. The van der Waals surface area contributed by atoms with E-state index < -0.39 is 0 Å². The van der Waals surface area contributed by atoms with E-state index in [1.54, 1.807) is 0 Å². The summed E-state index contributed by atoms with van der Waals surface area (Å²) >= 11 is 6.35. The van der Waals surface area contributed by atoms with Crippen LogP contribution in [0.15, 0.2) is 12.4 Å². The van der Waals surface area contributed by atoms with E-state index in [0.717, 1.165) is 25.8 Å². The van der Waals surface area contributed by atoms with E-state index in [9.17, 15) is 0 Å². The van der Waals surface area contributed by atoms with E-state index >= 15 is 0 Å². The summed E-state index contributed by atoms with van der Waals surface area (Å²) in [5.74, 6) is 0. The molecule has 0 aliphatic carbocycles. The predicted octanol–water partition coefficient (Wildman–Crippen LogP) is 3.88. The van der Waals surface area contributed by atoms with Crippen molar-refractivity contribution in [1.29, 1.82) is 0 Å². The molecule has 0 aromatic carbocycles. The Morgan fingerprint density at radius 3 is 2.69 bits per heavy atom. The van der Waals surface area contributed by atoms with Crippen LogP contribution in [0.3, 0.4) is 0 Å². The number of alkyl halides is 1. The molecule has 0 N–H and O–H groups in total. The molecule has 16 heavy (non-hydrogen) atoms. The number of nitrogens with zero attached hydrogens (tertiary/aromatic N) is 2. The third-order valence-electron chi connectivity index (χ3n) is 2.77. The lowest BCUT2D eigenvalue weighted by molar-refractivity contribution is 0.374. The normalized spacial score (nSPS) is 14.1. The Morgan fingerprint density at radius 2 is 2.12 bits per heavy atom. The lowest BCUT2D eigenvalue weighted by Crippen LogP contribution is -2.21. The molecule has 1 atom stereocenters. The van der Waals surface area contributed by atoms with Crippen molar-refractivity contribution in [3.63, 3.8) is 0 Å². The maximum atomic E-state index is 6.35. The molecular formula is C13H23ClN2. The van der Waals surface area contributed by atoms with E-state index in [-0.39, 0.29) is 10.8 Å². The molecule has 92 valence electrons. The summed E-state index contributed by atoms with van der Waals surface area (Å²) in [6.45, 7) is 9.72. The molecule has 0 aliphatic rings. The minimum Gasteiger partial charge on any atom is -0.272 e. The van der Waals surface area contributed by atoms with Crippen molar-refractivity contribution in [1.82, 2.24) is 9.78 Å². The molecule has 1 aromatic rings. The van der Waals surface area contributed by atoms with Crippen molar-refractivity contribution in [2.24, 2.45) is 5.41 Å². The summed E-state index contributed by atoms with van der Waals surface area (Å²) in [5, 5.41) is 4.54. The highest BCUT2D eigenvalue weighted by molar-refractivity contribution is 6.21. The molecule has 0 bridgehead atoms. The topological polar surface area (TPSA) is 17.8 Å². The van der Waals surface area contributed by atoms with Crippen LogP contribution in [-0.2, 0) is 13.0 Å². The highest BCUT2D eigenvalue weighted by atomic mass is 35.5. The van der Waals surface area contributed by atoms with Crippen LogP contribution in [0.4, 0.5) is 0 Å². The van der Waals surface area contributed by atoms with E-state index in [4.69, 9.17) is 11.6 Å². The Bertz CT molecular complexity index is 312. The van der Waals surface area contributed by atoms with Crippen LogP contribution in [0.1, 0.15) is 46.1 Å². The molecule has 1 unspecified atom stereocenters. The Labute approximate surface area is 104 Å². The molecule has 0 aliphatic heterocycles. The van der Waals surface area contributed by atoms with Gasteiger partial charge in [-0.2, -0.15) is 5.10 Å². The van der Waals surface area contributed by atoms with Crippen LogP contribution in [-0.4, -0.2) is 15.2 Å². The van der Waals surface area contributed by atoms with Gasteiger partial charge in [0.25, 0.3) is 0 Å². The fraction of sp³-hybridized carbons (Fsp3) is 0.769. The van der Waals surface area contributed by atoms with E-state index in [2.05, 4.69) is 39.0 Å². The molecule has 1 heterocycles. The second kappa shape index (κ2) is 5.72. The smallest absolute Gasteiger partial charge is 0.0521 e. The summed E-state index contributed by atoms with van der Waals surface area (Å²) in [6, 6.07) is 0. The minimum atomic E-state index is 0.182. The molecule has 0 radical (unpaired) electrons. The molecule has 0 saturated heterocycles. The Hall–Kier alpha value is -0.500. The van der Waals surface area contributed by atoms with Crippen LogP contribution in [0, 0.1) is 5.41 Å². The number of aromatic nitrogens is 2. The first kappa shape index (κ1) is 13.6. The fourth-order valence-electron chi connectivity index (χ4n) is 1.61. The molecule has 1 rings (SSSR count). The SMILES string of the molecule is CCCn1cc(CCC(Cl)C(C)(C)C)cn1. The van der Waals surface area contributed by atoms with Crippen LogP contribution in [0.2, 0.25) is 0 Å².